The average molecular weight is 391 g/mol. The minimum atomic E-state index is -0.285. The van der Waals surface area contributed by atoms with Gasteiger partial charge in [0.1, 0.15) is 12.4 Å². The number of nitrogens with one attached hydrogen (secondary N) is 2. The standard InChI is InChI=1S/C23H22N2O2S/c1-16-11-12-21(17(2)13-16)24-23(28)25-22(26)19-9-6-10-20(14-19)27-15-18-7-4-3-5-8-18/h3-14H,15H2,1-2H3,(H2,24,25,26,28). The number of benzene rings is 3. The van der Waals surface area contributed by atoms with Crippen LogP contribution in [0.3, 0.4) is 0 Å². The van der Waals surface area contributed by atoms with Crippen LogP contribution in [0.4, 0.5) is 5.69 Å². The molecule has 3 rings (SSSR count). The van der Waals surface area contributed by atoms with Crippen molar-refractivity contribution in [2.24, 2.45) is 0 Å². The van der Waals surface area contributed by atoms with Crippen molar-refractivity contribution in [1.82, 2.24) is 5.32 Å². The predicted molar refractivity (Wildman–Crippen MR) is 117 cm³/mol. The van der Waals surface area contributed by atoms with Gasteiger partial charge in [0, 0.05) is 11.3 Å². The number of hydrogen-bond donors (Lipinski definition) is 2. The summed E-state index contributed by atoms with van der Waals surface area (Å²) >= 11 is 5.28. The van der Waals surface area contributed by atoms with Gasteiger partial charge in [-0.3, -0.25) is 10.1 Å². The SMILES string of the molecule is Cc1ccc(NC(=S)NC(=O)c2cccc(OCc3ccccc3)c2)c(C)c1. The Morgan fingerprint density at radius 1 is 0.964 bits per heavy atom. The summed E-state index contributed by atoms with van der Waals surface area (Å²) in [6.07, 6.45) is 0. The average Bonchev–Trinajstić information content (AvgIpc) is 2.69. The summed E-state index contributed by atoms with van der Waals surface area (Å²) in [6, 6.07) is 22.9. The molecule has 4 nitrogen and oxygen atoms in total. The van der Waals surface area contributed by atoms with E-state index in [4.69, 9.17) is 17.0 Å². The molecule has 0 saturated carbocycles. The molecule has 0 spiro atoms. The monoisotopic (exact) mass is 390 g/mol. The number of amides is 1. The van der Waals surface area contributed by atoms with Crippen molar-refractivity contribution >= 4 is 28.9 Å². The zero-order chi connectivity index (χ0) is 19.9. The Morgan fingerprint density at radius 2 is 1.75 bits per heavy atom. The molecule has 0 aliphatic carbocycles. The highest BCUT2D eigenvalue weighted by Gasteiger charge is 2.10. The molecule has 0 aliphatic heterocycles. The first kappa shape index (κ1) is 19.6. The number of carbonyl (C=O) groups is 1. The molecule has 0 unspecified atom stereocenters. The Hall–Kier alpha value is -3.18. The van der Waals surface area contributed by atoms with Gasteiger partial charge in [-0.2, -0.15) is 0 Å². The minimum absolute atomic E-state index is 0.257. The van der Waals surface area contributed by atoms with E-state index in [1.54, 1.807) is 18.2 Å². The number of aryl methyl sites for hydroxylation is 2. The quantitative estimate of drug-likeness (QED) is 0.601. The second-order valence-electron chi connectivity index (χ2n) is 6.53. The van der Waals surface area contributed by atoms with Crippen LogP contribution < -0.4 is 15.4 Å². The lowest BCUT2D eigenvalue weighted by Gasteiger charge is -2.13. The molecule has 142 valence electrons. The van der Waals surface area contributed by atoms with Gasteiger partial charge in [0.2, 0.25) is 0 Å². The number of hydrogen-bond acceptors (Lipinski definition) is 3. The van der Waals surface area contributed by atoms with Crippen molar-refractivity contribution in [3.05, 3.63) is 95.1 Å². The van der Waals surface area contributed by atoms with Crippen LogP contribution in [-0.2, 0) is 6.61 Å². The van der Waals surface area contributed by atoms with E-state index in [1.807, 2.05) is 62.4 Å². The molecule has 0 atom stereocenters. The molecule has 0 heterocycles. The molecule has 0 bridgehead atoms. The summed E-state index contributed by atoms with van der Waals surface area (Å²) in [6.45, 7) is 4.47. The Kier molecular flexibility index (Phi) is 6.40. The third-order valence-corrected chi connectivity index (χ3v) is 4.41. The molecule has 5 heteroatoms. The summed E-state index contributed by atoms with van der Waals surface area (Å²) in [7, 11) is 0. The van der Waals surface area contributed by atoms with Crippen molar-refractivity contribution in [2.75, 3.05) is 5.32 Å². The van der Waals surface area contributed by atoms with Gasteiger partial charge in [-0.05, 0) is 61.5 Å². The highest BCUT2D eigenvalue weighted by molar-refractivity contribution is 7.80. The van der Waals surface area contributed by atoms with Gasteiger partial charge in [-0.25, -0.2) is 0 Å². The first-order valence-corrected chi connectivity index (χ1v) is 9.38. The smallest absolute Gasteiger partial charge is 0.257 e. The van der Waals surface area contributed by atoms with Gasteiger partial charge in [-0.15, -0.1) is 0 Å². The van der Waals surface area contributed by atoms with Crippen LogP contribution in [0.25, 0.3) is 0 Å². The summed E-state index contributed by atoms with van der Waals surface area (Å²) in [4.78, 5) is 12.5. The minimum Gasteiger partial charge on any atom is -0.489 e. The molecule has 0 aliphatic rings. The summed E-state index contributed by atoms with van der Waals surface area (Å²) in [5.74, 6) is 0.345. The topological polar surface area (TPSA) is 50.4 Å². The Labute approximate surface area is 170 Å². The van der Waals surface area contributed by atoms with Gasteiger partial charge in [0.25, 0.3) is 5.91 Å². The maximum atomic E-state index is 12.5. The second kappa shape index (κ2) is 9.15. The Balaban J connectivity index is 1.60. The van der Waals surface area contributed by atoms with Crippen molar-refractivity contribution in [3.63, 3.8) is 0 Å². The molecule has 0 radical (unpaired) electrons. The molecule has 28 heavy (non-hydrogen) atoms. The van der Waals surface area contributed by atoms with E-state index in [0.717, 1.165) is 16.8 Å². The molecule has 0 fully saturated rings. The highest BCUT2D eigenvalue weighted by atomic mass is 32.1. The number of anilines is 1. The summed E-state index contributed by atoms with van der Waals surface area (Å²) < 4.78 is 5.78. The van der Waals surface area contributed by atoms with Gasteiger partial charge < -0.3 is 10.1 Å². The van der Waals surface area contributed by atoms with Crippen LogP contribution in [0.2, 0.25) is 0 Å². The first-order valence-electron chi connectivity index (χ1n) is 8.97. The number of ether oxygens (including phenoxy) is 1. The van der Waals surface area contributed by atoms with Crippen LogP contribution in [0.5, 0.6) is 5.75 Å². The maximum Gasteiger partial charge on any atom is 0.257 e. The van der Waals surface area contributed by atoms with Crippen molar-refractivity contribution in [1.29, 1.82) is 0 Å². The third-order valence-electron chi connectivity index (χ3n) is 4.20. The van der Waals surface area contributed by atoms with Gasteiger partial charge in [-0.1, -0.05) is 54.1 Å². The fourth-order valence-corrected chi connectivity index (χ4v) is 2.95. The molecular formula is C23H22N2O2S. The van der Waals surface area contributed by atoms with E-state index in [0.29, 0.717) is 17.9 Å². The molecule has 3 aromatic rings. The number of carbonyl (C=O) groups excluding carboxylic acids is 1. The van der Waals surface area contributed by atoms with E-state index in [1.165, 1.54) is 5.56 Å². The zero-order valence-corrected chi connectivity index (χ0v) is 16.7. The lowest BCUT2D eigenvalue weighted by atomic mass is 10.1. The van der Waals surface area contributed by atoms with Gasteiger partial charge in [0.15, 0.2) is 5.11 Å². The number of thiocarbonyl (C=S) groups is 1. The fourth-order valence-electron chi connectivity index (χ4n) is 2.75. The lowest BCUT2D eigenvalue weighted by Crippen LogP contribution is -2.34. The van der Waals surface area contributed by atoms with Crippen LogP contribution >= 0.6 is 12.2 Å². The molecule has 2 N–H and O–H groups in total. The van der Waals surface area contributed by atoms with Gasteiger partial charge in [0.05, 0.1) is 0 Å². The number of rotatable bonds is 5. The fraction of sp³-hybridized carbons (Fsp3) is 0.130. The predicted octanol–water partition coefficient (Wildman–Crippen LogP) is 5.01. The third kappa shape index (κ3) is 5.41. The normalized spacial score (nSPS) is 10.2. The van der Waals surface area contributed by atoms with E-state index in [2.05, 4.69) is 16.7 Å². The first-order chi connectivity index (χ1) is 13.5. The molecule has 0 aromatic heterocycles. The van der Waals surface area contributed by atoms with E-state index in [9.17, 15) is 4.79 Å². The zero-order valence-electron chi connectivity index (χ0n) is 15.9. The van der Waals surface area contributed by atoms with Crippen LogP contribution in [0.15, 0.2) is 72.8 Å². The largest absolute Gasteiger partial charge is 0.489 e. The molecule has 1 amide bonds. The summed E-state index contributed by atoms with van der Waals surface area (Å²) in [5.41, 5.74) is 4.65. The van der Waals surface area contributed by atoms with Crippen molar-refractivity contribution < 1.29 is 9.53 Å². The maximum absolute atomic E-state index is 12.5. The van der Waals surface area contributed by atoms with E-state index in [-0.39, 0.29) is 11.0 Å². The van der Waals surface area contributed by atoms with E-state index < -0.39 is 0 Å². The van der Waals surface area contributed by atoms with Gasteiger partial charge >= 0.3 is 0 Å². The second-order valence-corrected chi connectivity index (χ2v) is 6.94. The van der Waals surface area contributed by atoms with Crippen molar-refractivity contribution in [2.45, 2.75) is 20.5 Å². The Bertz CT molecular complexity index is 987. The highest BCUT2D eigenvalue weighted by Crippen LogP contribution is 2.17. The summed E-state index contributed by atoms with van der Waals surface area (Å²) in [5, 5.41) is 6.04. The molecular weight excluding hydrogens is 368 g/mol. The van der Waals surface area contributed by atoms with Crippen molar-refractivity contribution in [3.8, 4) is 5.75 Å². The van der Waals surface area contributed by atoms with Crippen LogP contribution in [0.1, 0.15) is 27.0 Å². The van der Waals surface area contributed by atoms with E-state index >= 15 is 0 Å². The Morgan fingerprint density at radius 3 is 2.50 bits per heavy atom. The molecule has 0 saturated heterocycles. The van der Waals surface area contributed by atoms with Crippen LogP contribution in [-0.4, -0.2) is 11.0 Å². The lowest BCUT2D eigenvalue weighted by molar-refractivity contribution is 0.0977. The van der Waals surface area contributed by atoms with Crippen LogP contribution in [0, 0.1) is 13.8 Å². The molecule has 3 aromatic carbocycles.